The van der Waals surface area contributed by atoms with Gasteiger partial charge >= 0.3 is 15.6 Å². The third-order valence-electron chi connectivity index (χ3n) is 8.34. The van der Waals surface area contributed by atoms with Crippen LogP contribution < -0.4 is 0 Å². The summed E-state index contributed by atoms with van der Waals surface area (Å²) in [6, 6.07) is 2.50. The van der Waals surface area contributed by atoms with Crippen molar-refractivity contribution in [2.45, 2.75) is 132 Å². The van der Waals surface area contributed by atoms with Gasteiger partial charge in [0, 0.05) is 19.4 Å². The molecule has 8 nitrogen and oxygen atoms in total. The van der Waals surface area contributed by atoms with Crippen molar-refractivity contribution in [2.24, 2.45) is 0 Å². The van der Waals surface area contributed by atoms with Gasteiger partial charge in [-0.15, -0.1) is 0 Å². The van der Waals surface area contributed by atoms with Crippen LogP contribution in [0, 0.1) is 0 Å². The minimum absolute atomic E-state index is 0.00200. The third-order valence-corrected chi connectivity index (χ3v) is 14.0. The van der Waals surface area contributed by atoms with Gasteiger partial charge < -0.3 is 23.4 Å². The van der Waals surface area contributed by atoms with Crippen molar-refractivity contribution >= 4 is 18.4 Å². The van der Waals surface area contributed by atoms with Crippen LogP contribution in [0.4, 0.5) is 13.2 Å². The number of rotatable bonds is 8. The average Bonchev–Trinajstić information content (AvgIpc) is 3.02. The smallest absolute Gasteiger partial charge is 0.411 e. The van der Waals surface area contributed by atoms with Crippen LogP contribution in [0.3, 0.4) is 0 Å². The minimum Gasteiger partial charge on any atom is -0.411 e. The molecule has 13 heteroatoms. The van der Waals surface area contributed by atoms with Gasteiger partial charge in [-0.2, -0.15) is 21.6 Å². The quantitative estimate of drug-likeness (QED) is 0.247. The number of fused-ring (bicyclic) bond motifs is 3. The first-order valence-corrected chi connectivity index (χ1v) is 17.2. The normalized spacial score (nSPS) is 37.9. The fourth-order valence-electron chi connectivity index (χ4n) is 5.98. The maximum absolute atomic E-state index is 12.9. The Hall–Kier alpha value is -0.283. The first kappa shape index (κ1) is 28.7. The van der Waals surface area contributed by atoms with Crippen LogP contribution in [0.5, 0.6) is 0 Å². The SMILES string of the molecule is CC[Si](CC)(CC)O[C@H]1C[C@H]2O[C@H]3C[C@H]4OCCC[C@@H]4O[C@@H]3CC[C@@H]2O[C@@H]1COS(=O)(=O)C(F)(F)F. The second kappa shape index (κ2) is 11.4. The van der Waals surface area contributed by atoms with Gasteiger partial charge in [0.2, 0.25) is 0 Å². The molecule has 4 aliphatic heterocycles. The van der Waals surface area contributed by atoms with Gasteiger partial charge in [0.1, 0.15) is 6.10 Å². The maximum atomic E-state index is 12.9. The predicted octanol–water partition coefficient (Wildman–Crippen LogP) is 4.28. The molecule has 0 aromatic heterocycles. The van der Waals surface area contributed by atoms with Crippen LogP contribution in [0.2, 0.25) is 18.1 Å². The van der Waals surface area contributed by atoms with Crippen LogP contribution >= 0.6 is 0 Å². The first-order chi connectivity index (χ1) is 17.0. The lowest BCUT2D eigenvalue weighted by atomic mass is 9.92. The highest BCUT2D eigenvalue weighted by atomic mass is 32.2. The van der Waals surface area contributed by atoms with Crippen LogP contribution in [-0.2, 0) is 37.7 Å². The van der Waals surface area contributed by atoms with Gasteiger partial charge in [-0.1, -0.05) is 20.8 Å². The lowest BCUT2D eigenvalue weighted by Gasteiger charge is -2.46. The van der Waals surface area contributed by atoms with Crippen LogP contribution in [0.25, 0.3) is 0 Å². The van der Waals surface area contributed by atoms with Gasteiger partial charge in [0.15, 0.2) is 8.32 Å². The second-order valence-electron chi connectivity index (χ2n) is 10.3. The van der Waals surface area contributed by atoms with Crippen molar-refractivity contribution in [1.29, 1.82) is 0 Å². The maximum Gasteiger partial charge on any atom is 0.523 e. The molecule has 0 amide bonds. The fraction of sp³-hybridized carbons (Fsp3) is 1.00. The summed E-state index contributed by atoms with van der Waals surface area (Å²) in [5, 5.41) is 0. The van der Waals surface area contributed by atoms with E-state index in [2.05, 4.69) is 25.0 Å². The van der Waals surface area contributed by atoms with Gasteiger partial charge in [0.25, 0.3) is 0 Å². The Labute approximate surface area is 212 Å². The molecule has 0 aliphatic carbocycles. The van der Waals surface area contributed by atoms with Crippen molar-refractivity contribution in [3.63, 3.8) is 0 Å². The Bertz CT molecular complexity index is 831. The van der Waals surface area contributed by atoms with Crippen LogP contribution in [-0.4, -0.2) is 84.3 Å². The van der Waals surface area contributed by atoms with E-state index in [1.807, 2.05) is 0 Å². The van der Waals surface area contributed by atoms with Crippen molar-refractivity contribution in [3.8, 4) is 0 Å². The largest absolute Gasteiger partial charge is 0.523 e. The molecule has 4 heterocycles. The molecule has 4 saturated heterocycles. The van der Waals surface area contributed by atoms with E-state index in [1.54, 1.807) is 0 Å². The third kappa shape index (κ3) is 6.13. The number of ether oxygens (including phenoxy) is 4. The van der Waals surface area contributed by atoms with Gasteiger partial charge in [-0.05, 0) is 43.8 Å². The molecule has 0 saturated carbocycles. The molecule has 0 spiro atoms. The lowest BCUT2D eigenvalue weighted by molar-refractivity contribution is -0.236. The fourth-order valence-corrected chi connectivity index (χ4v) is 9.31. The summed E-state index contributed by atoms with van der Waals surface area (Å²) in [4.78, 5) is 0. The highest BCUT2D eigenvalue weighted by molar-refractivity contribution is 7.87. The summed E-state index contributed by atoms with van der Waals surface area (Å²) >= 11 is 0. The van der Waals surface area contributed by atoms with Gasteiger partial charge in [-0.25, -0.2) is 0 Å². The lowest BCUT2D eigenvalue weighted by Crippen LogP contribution is -2.56. The van der Waals surface area contributed by atoms with Crippen molar-refractivity contribution in [2.75, 3.05) is 13.2 Å². The van der Waals surface area contributed by atoms with Crippen molar-refractivity contribution in [3.05, 3.63) is 0 Å². The summed E-state index contributed by atoms with van der Waals surface area (Å²) in [7, 11) is -7.93. The van der Waals surface area contributed by atoms with E-state index in [1.165, 1.54) is 0 Å². The summed E-state index contributed by atoms with van der Waals surface area (Å²) in [5.41, 5.74) is -5.49. The molecule has 210 valence electrons. The Balaban J connectivity index is 1.51. The van der Waals surface area contributed by atoms with Crippen LogP contribution in [0.15, 0.2) is 0 Å². The Morgan fingerprint density at radius 2 is 1.42 bits per heavy atom. The van der Waals surface area contributed by atoms with E-state index >= 15 is 0 Å². The van der Waals surface area contributed by atoms with E-state index in [-0.39, 0.29) is 30.5 Å². The monoisotopic (exact) mass is 560 g/mol. The molecule has 8 atom stereocenters. The Morgan fingerprint density at radius 1 is 0.833 bits per heavy atom. The van der Waals surface area contributed by atoms with Gasteiger partial charge in [-0.3, -0.25) is 4.18 Å². The Kier molecular flexibility index (Phi) is 9.13. The molecule has 4 aliphatic rings. The van der Waals surface area contributed by atoms with Gasteiger partial charge in [0.05, 0.1) is 49.3 Å². The molecule has 4 fully saturated rings. The summed E-state index contributed by atoms with van der Waals surface area (Å²) < 4.78 is 98.0. The molecule has 36 heavy (non-hydrogen) atoms. The van der Waals surface area contributed by atoms with E-state index in [0.717, 1.165) is 37.4 Å². The summed E-state index contributed by atoms with van der Waals surface area (Å²) in [6.45, 7) is 6.13. The highest BCUT2D eigenvalue weighted by Gasteiger charge is 2.51. The molecule has 0 aromatic carbocycles. The zero-order valence-corrected chi connectivity index (χ0v) is 23.0. The summed E-state index contributed by atoms with van der Waals surface area (Å²) in [6.07, 6.45) is 1.82. The second-order valence-corrected chi connectivity index (χ2v) is 16.7. The topological polar surface area (TPSA) is 89.5 Å². The highest BCUT2D eigenvalue weighted by Crippen LogP contribution is 2.40. The zero-order valence-electron chi connectivity index (χ0n) is 21.2. The van der Waals surface area contributed by atoms with E-state index < -0.39 is 48.9 Å². The molecule has 0 aromatic rings. The van der Waals surface area contributed by atoms with Crippen molar-refractivity contribution < 1.29 is 49.1 Å². The summed E-state index contributed by atoms with van der Waals surface area (Å²) in [5.74, 6) is 0. The first-order valence-electron chi connectivity index (χ1n) is 13.2. The van der Waals surface area contributed by atoms with Crippen LogP contribution in [0.1, 0.15) is 59.3 Å². The molecule has 0 unspecified atom stereocenters. The Morgan fingerprint density at radius 3 is 2.06 bits per heavy atom. The number of hydrogen-bond acceptors (Lipinski definition) is 8. The number of alkyl halides is 3. The molecular weight excluding hydrogens is 521 g/mol. The minimum atomic E-state index is -5.74. The van der Waals surface area contributed by atoms with E-state index in [9.17, 15) is 21.6 Å². The average molecular weight is 561 g/mol. The molecule has 0 N–H and O–H groups in total. The molecule has 0 bridgehead atoms. The predicted molar refractivity (Wildman–Crippen MR) is 126 cm³/mol. The standard InChI is InChI=1S/C23H39F3O8SSi/c1-4-36(5-2,6-3)34-21-13-20-17(32-22(21)14-30-35(27,28)23(24,25)26)10-9-16-19(33-20)12-18-15(31-16)8-7-11-29-18/h15-22H,4-14H2,1-3H3/t15-,16+,17-,18+,19-,20+,21-,22+/m0/s1. The van der Waals surface area contributed by atoms with E-state index in [4.69, 9.17) is 23.4 Å². The number of hydrogen-bond donors (Lipinski definition) is 0. The molecule has 4 rings (SSSR count). The molecular formula is C23H39F3O8SSi. The molecule has 0 radical (unpaired) electrons. The van der Waals surface area contributed by atoms with Crippen molar-refractivity contribution in [1.82, 2.24) is 0 Å². The zero-order chi connectivity index (χ0) is 26.1. The number of halogens is 3. The van der Waals surface area contributed by atoms with E-state index in [0.29, 0.717) is 25.9 Å².